The highest BCUT2D eigenvalue weighted by Crippen LogP contribution is 2.42. The van der Waals surface area contributed by atoms with E-state index in [-0.39, 0.29) is 22.7 Å². The molecule has 0 unspecified atom stereocenters. The molecule has 1 saturated heterocycles. The third kappa shape index (κ3) is 5.44. The average Bonchev–Trinajstić information content (AvgIpc) is 2.97. The molecule has 2 N–H and O–H groups in total. The second-order valence-corrected chi connectivity index (χ2v) is 11.5. The van der Waals surface area contributed by atoms with Gasteiger partial charge in [0, 0.05) is 32.4 Å². The standard InChI is InChI=1S/C26H24ClF3N2S2/c27-22-15-21-24(13-17-1-2-19(29)14-25(17)34-26(21)16-23(22)30)32-9-7-31(8-10-32)11-12-33-20-5-3-18(28)4-6-20/h1-6,14-16,24H,7-13H2/p+2/t24-/m0/s1. The van der Waals surface area contributed by atoms with Gasteiger partial charge in [-0.2, -0.15) is 0 Å². The van der Waals surface area contributed by atoms with Crippen molar-refractivity contribution in [2.75, 3.05) is 38.5 Å². The largest absolute Gasteiger partial charge is 0.325 e. The molecule has 0 spiro atoms. The summed E-state index contributed by atoms with van der Waals surface area (Å²) in [5, 5.41) is 0.142. The van der Waals surface area contributed by atoms with Crippen LogP contribution in [-0.4, -0.2) is 38.5 Å². The summed E-state index contributed by atoms with van der Waals surface area (Å²) in [6.07, 6.45) is 0.780. The molecule has 2 heterocycles. The Labute approximate surface area is 211 Å². The Kier molecular flexibility index (Phi) is 7.46. The number of fused-ring (bicyclic) bond motifs is 2. The monoisotopic (exact) mass is 522 g/mol. The van der Waals surface area contributed by atoms with Gasteiger partial charge in [0.2, 0.25) is 0 Å². The van der Waals surface area contributed by atoms with Crippen LogP contribution in [0.5, 0.6) is 0 Å². The summed E-state index contributed by atoms with van der Waals surface area (Å²) in [6.45, 7) is 5.20. The molecule has 0 saturated carbocycles. The molecular weight excluding hydrogens is 497 g/mol. The summed E-state index contributed by atoms with van der Waals surface area (Å²) in [5.74, 6) is 0.0788. The summed E-state index contributed by atoms with van der Waals surface area (Å²) in [4.78, 5) is 5.82. The molecule has 178 valence electrons. The summed E-state index contributed by atoms with van der Waals surface area (Å²) in [6, 6.07) is 15.0. The number of thioether (sulfide) groups is 1. The van der Waals surface area contributed by atoms with Gasteiger partial charge in [-0.15, -0.1) is 11.8 Å². The van der Waals surface area contributed by atoms with Crippen LogP contribution in [0, 0.1) is 17.5 Å². The average molecular weight is 523 g/mol. The van der Waals surface area contributed by atoms with Crippen LogP contribution in [0.1, 0.15) is 17.2 Å². The predicted molar refractivity (Wildman–Crippen MR) is 132 cm³/mol. The molecule has 0 amide bonds. The van der Waals surface area contributed by atoms with Crippen LogP contribution in [-0.2, 0) is 6.42 Å². The van der Waals surface area contributed by atoms with Gasteiger partial charge in [0.05, 0.1) is 11.6 Å². The van der Waals surface area contributed by atoms with E-state index in [1.807, 2.05) is 18.2 Å². The van der Waals surface area contributed by atoms with Crippen molar-refractivity contribution in [3.05, 3.63) is 88.2 Å². The van der Waals surface area contributed by atoms with Crippen LogP contribution >= 0.6 is 35.1 Å². The first kappa shape index (κ1) is 24.1. The SMILES string of the molecule is Fc1ccc(SCC[NH+]2CC[NH+]([C@H]3Cc4ccc(F)cc4Sc4cc(F)c(Cl)cc43)CC2)cc1. The topological polar surface area (TPSA) is 8.88 Å². The first-order chi connectivity index (χ1) is 16.5. The van der Waals surface area contributed by atoms with Crippen molar-refractivity contribution in [2.24, 2.45) is 0 Å². The van der Waals surface area contributed by atoms with E-state index in [4.69, 9.17) is 11.6 Å². The number of nitrogens with one attached hydrogen (secondary N) is 2. The predicted octanol–water partition coefficient (Wildman–Crippen LogP) is 4.08. The molecule has 1 atom stereocenters. The lowest BCUT2D eigenvalue weighted by atomic mass is 9.96. The molecule has 0 bridgehead atoms. The maximum Gasteiger partial charge on any atom is 0.142 e. The smallest absolute Gasteiger partial charge is 0.142 e. The Balaban J connectivity index is 1.27. The number of rotatable bonds is 5. The normalized spacial score (nSPS) is 22.1. The molecule has 3 aromatic carbocycles. The Bertz CT molecular complexity index is 1170. The van der Waals surface area contributed by atoms with Crippen LogP contribution < -0.4 is 9.80 Å². The van der Waals surface area contributed by atoms with Crippen molar-refractivity contribution in [3.8, 4) is 0 Å². The zero-order valence-corrected chi connectivity index (χ0v) is 20.9. The molecule has 2 nitrogen and oxygen atoms in total. The van der Waals surface area contributed by atoms with Gasteiger partial charge in [-0.1, -0.05) is 29.4 Å². The maximum absolute atomic E-state index is 14.3. The van der Waals surface area contributed by atoms with E-state index in [0.29, 0.717) is 0 Å². The Morgan fingerprint density at radius 1 is 0.882 bits per heavy atom. The third-order valence-corrected chi connectivity index (χ3v) is 9.21. The van der Waals surface area contributed by atoms with Gasteiger partial charge < -0.3 is 9.80 Å². The highest BCUT2D eigenvalue weighted by atomic mass is 35.5. The second-order valence-electron chi connectivity index (χ2n) is 8.88. The van der Waals surface area contributed by atoms with Crippen LogP contribution in [0.2, 0.25) is 5.02 Å². The van der Waals surface area contributed by atoms with E-state index in [9.17, 15) is 13.2 Å². The quantitative estimate of drug-likeness (QED) is 0.489. The van der Waals surface area contributed by atoms with E-state index in [0.717, 1.165) is 70.7 Å². The lowest BCUT2D eigenvalue weighted by Gasteiger charge is -2.35. The van der Waals surface area contributed by atoms with Gasteiger partial charge >= 0.3 is 0 Å². The van der Waals surface area contributed by atoms with Crippen LogP contribution in [0.15, 0.2) is 69.3 Å². The molecule has 1 fully saturated rings. The summed E-state index contributed by atoms with van der Waals surface area (Å²) in [5.41, 5.74) is 2.15. The summed E-state index contributed by atoms with van der Waals surface area (Å²) < 4.78 is 41.4. The van der Waals surface area contributed by atoms with Gasteiger partial charge in [-0.25, -0.2) is 13.2 Å². The van der Waals surface area contributed by atoms with Gasteiger partial charge in [0.25, 0.3) is 0 Å². The first-order valence-corrected chi connectivity index (χ1v) is 13.7. The van der Waals surface area contributed by atoms with Gasteiger partial charge in [-0.05, 0) is 54.1 Å². The Hall–Kier alpha value is -1.64. The number of quaternary nitrogens is 2. The molecule has 0 radical (unpaired) electrons. The first-order valence-electron chi connectivity index (χ1n) is 11.5. The second kappa shape index (κ2) is 10.5. The molecule has 0 aliphatic carbocycles. The highest BCUT2D eigenvalue weighted by molar-refractivity contribution is 7.99. The van der Waals surface area contributed by atoms with Gasteiger partial charge in [-0.3, -0.25) is 0 Å². The summed E-state index contributed by atoms with van der Waals surface area (Å²) >= 11 is 9.40. The number of benzene rings is 3. The van der Waals surface area contributed by atoms with Crippen molar-refractivity contribution >= 4 is 35.1 Å². The van der Waals surface area contributed by atoms with E-state index >= 15 is 0 Å². The zero-order valence-electron chi connectivity index (χ0n) is 18.6. The van der Waals surface area contributed by atoms with Crippen LogP contribution in [0.3, 0.4) is 0 Å². The van der Waals surface area contributed by atoms with Gasteiger partial charge in [0.1, 0.15) is 49.7 Å². The number of hydrogen-bond donors (Lipinski definition) is 2. The third-order valence-electron chi connectivity index (χ3n) is 6.73. The Morgan fingerprint density at radius 2 is 1.62 bits per heavy atom. The fourth-order valence-corrected chi connectivity index (χ4v) is 7.18. The van der Waals surface area contributed by atoms with Crippen molar-refractivity contribution in [3.63, 3.8) is 0 Å². The minimum absolute atomic E-state index is 0.142. The minimum atomic E-state index is -0.436. The van der Waals surface area contributed by atoms with Crippen molar-refractivity contribution in [1.29, 1.82) is 0 Å². The van der Waals surface area contributed by atoms with Crippen LogP contribution in [0.4, 0.5) is 13.2 Å². The highest BCUT2D eigenvalue weighted by Gasteiger charge is 2.35. The molecule has 2 aliphatic heterocycles. The van der Waals surface area contributed by atoms with Crippen LogP contribution in [0.25, 0.3) is 0 Å². The van der Waals surface area contributed by atoms with E-state index in [2.05, 4.69) is 0 Å². The molecular formula is C26H26ClF3N2S2+2. The number of halogens is 4. The minimum Gasteiger partial charge on any atom is -0.325 e. The maximum atomic E-state index is 14.3. The number of piperazine rings is 1. The lowest BCUT2D eigenvalue weighted by Crippen LogP contribution is -3.28. The van der Waals surface area contributed by atoms with Crippen molar-refractivity contribution < 1.29 is 23.0 Å². The molecule has 0 aromatic heterocycles. The Morgan fingerprint density at radius 3 is 2.38 bits per heavy atom. The number of hydrogen-bond acceptors (Lipinski definition) is 2. The van der Waals surface area contributed by atoms with Crippen molar-refractivity contribution in [2.45, 2.75) is 27.1 Å². The van der Waals surface area contributed by atoms with E-state index < -0.39 is 5.82 Å². The van der Waals surface area contributed by atoms with Gasteiger partial charge in [0.15, 0.2) is 0 Å². The molecule has 2 aliphatic rings. The fourth-order valence-electron chi connectivity index (χ4n) is 4.88. The zero-order chi connectivity index (χ0) is 23.7. The molecule has 34 heavy (non-hydrogen) atoms. The van der Waals surface area contributed by atoms with Crippen molar-refractivity contribution in [1.82, 2.24) is 0 Å². The van der Waals surface area contributed by atoms with E-state index in [1.165, 1.54) is 40.9 Å². The fraction of sp³-hybridized carbons (Fsp3) is 0.308. The van der Waals surface area contributed by atoms with E-state index in [1.54, 1.807) is 28.8 Å². The molecule has 3 aromatic rings. The molecule has 8 heteroatoms. The molecule has 5 rings (SSSR count). The summed E-state index contributed by atoms with van der Waals surface area (Å²) in [7, 11) is 0. The lowest BCUT2D eigenvalue weighted by molar-refractivity contribution is -1.03.